The van der Waals surface area contributed by atoms with Crippen molar-refractivity contribution < 1.29 is 28.9 Å². The van der Waals surface area contributed by atoms with Crippen molar-refractivity contribution in [2.75, 3.05) is 52.5 Å². The molecule has 0 saturated carbocycles. The smallest absolute Gasteiger partial charge is 0.295 e. The number of anilines is 1. The lowest BCUT2D eigenvalue weighted by molar-refractivity contribution is -0.140. The number of aliphatic hydroxyl groups excluding tert-OH is 1. The minimum absolute atomic E-state index is 0.0304. The van der Waals surface area contributed by atoms with Crippen LogP contribution in [0.4, 0.5) is 5.69 Å². The van der Waals surface area contributed by atoms with E-state index in [1.54, 1.807) is 0 Å². The van der Waals surface area contributed by atoms with Gasteiger partial charge in [0, 0.05) is 32.4 Å². The second-order valence-corrected chi connectivity index (χ2v) is 8.82. The van der Waals surface area contributed by atoms with E-state index in [-0.39, 0.29) is 45.8 Å². The highest BCUT2D eigenvalue weighted by molar-refractivity contribution is 6.47. The maximum Gasteiger partial charge on any atom is 0.295 e. The summed E-state index contributed by atoms with van der Waals surface area (Å²) in [5, 5.41) is 11.6. The van der Waals surface area contributed by atoms with Gasteiger partial charge in [0.05, 0.1) is 43.0 Å². The molecule has 2 aromatic rings. The van der Waals surface area contributed by atoms with Crippen LogP contribution in [-0.4, -0.2) is 69.3 Å². The number of rotatable bonds is 10. The molecule has 1 aliphatic heterocycles. The molecule has 1 amide bonds. The van der Waals surface area contributed by atoms with Gasteiger partial charge in [-0.25, -0.2) is 0 Å². The Morgan fingerprint density at radius 1 is 1.03 bits per heavy atom. The third kappa shape index (κ3) is 4.98. The Kier molecular flexibility index (Phi) is 9.11. The van der Waals surface area contributed by atoms with Crippen LogP contribution in [0.5, 0.6) is 11.5 Å². The fourth-order valence-corrected chi connectivity index (χ4v) is 5.08. The summed E-state index contributed by atoms with van der Waals surface area (Å²) in [6.45, 7) is 6.17. The van der Waals surface area contributed by atoms with Crippen LogP contribution in [0.25, 0.3) is 5.76 Å². The molecule has 0 aliphatic carbocycles. The number of hydrogen-bond donors (Lipinski definition) is 1. The molecule has 3 rings (SSSR count). The number of methoxy groups -OCH3 is 3. The Bertz CT molecular complexity index is 1160. The fraction of sp³-hybridized carbons (Fsp3) is 0.385. The number of ketones is 1. The predicted octanol–water partition coefficient (Wildman–Crippen LogP) is 4.92. The molecule has 2 aromatic carbocycles. The monoisotopic (exact) mass is 536 g/mol. The predicted molar refractivity (Wildman–Crippen MR) is 140 cm³/mol. The third-order valence-electron chi connectivity index (χ3n) is 6.21. The Morgan fingerprint density at radius 3 is 2.17 bits per heavy atom. The normalized spacial score (nSPS) is 17.0. The molecule has 1 saturated heterocycles. The average molecular weight is 537 g/mol. The molecule has 0 bridgehead atoms. The van der Waals surface area contributed by atoms with Crippen LogP contribution in [0.1, 0.15) is 31.0 Å². The molecule has 1 aliphatic rings. The number of nitrogens with zero attached hydrogens (tertiary/aromatic N) is 2. The minimum atomic E-state index is -0.852. The zero-order chi connectivity index (χ0) is 26.6. The van der Waals surface area contributed by atoms with E-state index in [9.17, 15) is 14.7 Å². The molecule has 1 fully saturated rings. The average Bonchev–Trinajstić information content (AvgIpc) is 3.13. The second kappa shape index (κ2) is 11.9. The molecule has 0 spiro atoms. The maximum atomic E-state index is 13.2. The van der Waals surface area contributed by atoms with Gasteiger partial charge < -0.3 is 29.1 Å². The summed E-state index contributed by atoms with van der Waals surface area (Å²) in [6, 6.07) is 8.10. The van der Waals surface area contributed by atoms with Crippen molar-refractivity contribution in [1.82, 2.24) is 4.90 Å². The third-order valence-corrected chi connectivity index (χ3v) is 6.83. The van der Waals surface area contributed by atoms with Crippen LogP contribution in [0.15, 0.2) is 35.9 Å². The fourth-order valence-electron chi connectivity index (χ4n) is 4.39. The SMILES string of the molecule is CCN(CC)c1ccc(C2/C(=C(\O)c3cc(Cl)c(OC)c(Cl)c3OC)C(=O)C(=O)N2CCOC)cc1. The summed E-state index contributed by atoms with van der Waals surface area (Å²) >= 11 is 12.7. The van der Waals surface area contributed by atoms with Crippen molar-refractivity contribution in [3.05, 3.63) is 57.1 Å². The van der Waals surface area contributed by atoms with Crippen molar-refractivity contribution in [2.45, 2.75) is 19.9 Å². The zero-order valence-electron chi connectivity index (χ0n) is 20.9. The first kappa shape index (κ1) is 27.6. The highest BCUT2D eigenvalue weighted by Gasteiger charge is 2.46. The van der Waals surface area contributed by atoms with E-state index in [1.165, 1.54) is 32.3 Å². The molecule has 194 valence electrons. The van der Waals surface area contributed by atoms with Crippen LogP contribution >= 0.6 is 23.2 Å². The quantitative estimate of drug-likeness (QED) is 0.261. The molecule has 0 radical (unpaired) electrons. The van der Waals surface area contributed by atoms with E-state index in [2.05, 4.69) is 18.7 Å². The van der Waals surface area contributed by atoms with Crippen molar-refractivity contribution in [3.63, 3.8) is 0 Å². The van der Waals surface area contributed by atoms with Crippen molar-refractivity contribution in [1.29, 1.82) is 0 Å². The summed E-state index contributed by atoms with van der Waals surface area (Å²) in [7, 11) is 4.28. The van der Waals surface area contributed by atoms with E-state index in [1.807, 2.05) is 24.3 Å². The van der Waals surface area contributed by atoms with Gasteiger partial charge in [-0.15, -0.1) is 0 Å². The molecule has 1 heterocycles. The molecule has 1 atom stereocenters. The number of halogens is 2. The molecule has 0 aromatic heterocycles. The van der Waals surface area contributed by atoms with E-state index >= 15 is 0 Å². The van der Waals surface area contributed by atoms with Gasteiger partial charge in [0.2, 0.25) is 0 Å². The number of benzene rings is 2. The van der Waals surface area contributed by atoms with Gasteiger partial charge in [-0.05, 0) is 37.6 Å². The summed E-state index contributed by atoms with van der Waals surface area (Å²) in [5.74, 6) is -1.79. The maximum absolute atomic E-state index is 13.2. The van der Waals surface area contributed by atoms with Gasteiger partial charge >= 0.3 is 0 Å². The molecule has 1 unspecified atom stereocenters. The van der Waals surface area contributed by atoms with Crippen molar-refractivity contribution >= 4 is 46.3 Å². The Balaban J connectivity index is 2.23. The Labute approximate surface area is 220 Å². The Morgan fingerprint density at radius 2 is 1.64 bits per heavy atom. The lowest BCUT2D eigenvalue weighted by Gasteiger charge is -2.26. The molecule has 10 heteroatoms. The first-order valence-electron chi connectivity index (χ1n) is 11.5. The topological polar surface area (TPSA) is 88.5 Å². The number of aliphatic hydroxyl groups is 1. The largest absolute Gasteiger partial charge is 0.507 e. The summed E-state index contributed by atoms with van der Waals surface area (Å²) in [4.78, 5) is 29.9. The zero-order valence-corrected chi connectivity index (χ0v) is 22.4. The number of Topliss-reactive ketones (excluding diaryl/α,β-unsaturated/α-hetero) is 1. The molecule has 1 N–H and O–H groups in total. The van der Waals surface area contributed by atoms with E-state index in [4.69, 9.17) is 37.4 Å². The lowest BCUT2D eigenvalue weighted by atomic mass is 9.94. The number of amides is 1. The van der Waals surface area contributed by atoms with Gasteiger partial charge in [-0.1, -0.05) is 35.3 Å². The van der Waals surface area contributed by atoms with Gasteiger partial charge in [0.1, 0.15) is 10.8 Å². The molecule has 36 heavy (non-hydrogen) atoms. The minimum Gasteiger partial charge on any atom is -0.507 e. The van der Waals surface area contributed by atoms with E-state index in [0.29, 0.717) is 5.56 Å². The van der Waals surface area contributed by atoms with Crippen LogP contribution in [0.2, 0.25) is 10.0 Å². The van der Waals surface area contributed by atoms with Crippen LogP contribution in [0, 0.1) is 0 Å². The van der Waals surface area contributed by atoms with E-state index < -0.39 is 23.5 Å². The van der Waals surface area contributed by atoms with E-state index in [0.717, 1.165) is 18.8 Å². The first-order valence-corrected chi connectivity index (χ1v) is 12.2. The van der Waals surface area contributed by atoms with Crippen LogP contribution in [-0.2, 0) is 14.3 Å². The number of ether oxygens (including phenoxy) is 3. The van der Waals surface area contributed by atoms with Crippen molar-refractivity contribution in [2.24, 2.45) is 0 Å². The second-order valence-electron chi connectivity index (χ2n) is 8.04. The van der Waals surface area contributed by atoms with Gasteiger partial charge in [-0.2, -0.15) is 0 Å². The van der Waals surface area contributed by atoms with Gasteiger partial charge in [0.25, 0.3) is 11.7 Å². The van der Waals surface area contributed by atoms with Crippen LogP contribution in [0.3, 0.4) is 0 Å². The number of likely N-dealkylation sites (tertiary alicyclic amines) is 1. The number of carbonyl (C=O) groups excluding carboxylic acids is 2. The molecule has 8 nitrogen and oxygen atoms in total. The number of carbonyl (C=O) groups is 2. The highest BCUT2D eigenvalue weighted by atomic mass is 35.5. The van der Waals surface area contributed by atoms with Crippen LogP contribution < -0.4 is 14.4 Å². The van der Waals surface area contributed by atoms with Crippen molar-refractivity contribution in [3.8, 4) is 11.5 Å². The van der Waals surface area contributed by atoms with Gasteiger partial charge in [0.15, 0.2) is 11.5 Å². The summed E-state index contributed by atoms with van der Waals surface area (Å²) in [5.41, 5.74) is 1.64. The first-order chi connectivity index (χ1) is 17.2. The highest BCUT2D eigenvalue weighted by Crippen LogP contribution is 2.47. The lowest BCUT2D eigenvalue weighted by Crippen LogP contribution is -2.32. The summed E-state index contributed by atoms with van der Waals surface area (Å²) in [6.07, 6.45) is 0. The Hall–Kier alpha value is -2.94. The van der Waals surface area contributed by atoms with Gasteiger partial charge in [-0.3, -0.25) is 9.59 Å². The molecular formula is C26H30Cl2N2O6. The summed E-state index contributed by atoms with van der Waals surface area (Å²) < 4.78 is 15.8. The standard InChI is InChI=1S/C26H30Cl2N2O6/c1-6-29(7-2)16-10-8-15(9-11-16)21-19(23(32)26(33)30(21)12-13-34-3)22(31)17-14-18(27)25(36-5)20(28)24(17)35-4/h8-11,14,21,31H,6-7,12-13H2,1-5H3/b22-19+. The number of hydrogen-bond acceptors (Lipinski definition) is 7. The molecular weight excluding hydrogens is 507 g/mol.